The van der Waals surface area contributed by atoms with Gasteiger partial charge in [0.15, 0.2) is 0 Å². The van der Waals surface area contributed by atoms with Gasteiger partial charge in [-0.05, 0) is 12.1 Å². The summed E-state index contributed by atoms with van der Waals surface area (Å²) in [6.07, 6.45) is -0.0770. The third kappa shape index (κ3) is 3.13. The predicted octanol–water partition coefficient (Wildman–Crippen LogP) is 1.40. The lowest BCUT2D eigenvalue weighted by atomic mass is 10.3. The van der Waals surface area contributed by atoms with Crippen LogP contribution in [0.3, 0.4) is 0 Å². The minimum Gasteiger partial charge on any atom is -0.335 e. The van der Waals surface area contributed by atoms with Crippen LogP contribution in [0.2, 0.25) is 5.15 Å². The molecule has 5 nitrogen and oxygen atoms in total. The highest BCUT2D eigenvalue weighted by Gasteiger charge is 2.37. The summed E-state index contributed by atoms with van der Waals surface area (Å²) >= 11 is 5.74. The molecule has 18 heavy (non-hydrogen) atoms. The first-order chi connectivity index (χ1) is 8.36. The molecule has 0 aliphatic carbocycles. The van der Waals surface area contributed by atoms with Crippen molar-refractivity contribution in [3.05, 3.63) is 29.0 Å². The maximum atomic E-state index is 11.7. The van der Waals surface area contributed by atoms with Crippen molar-refractivity contribution >= 4 is 37.2 Å². The molecule has 0 aromatic carbocycles. The quantitative estimate of drug-likeness (QED) is 0.625. The Hall–Kier alpha value is -0.850. The van der Waals surface area contributed by atoms with E-state index in [4.69, 9.17) is 22.3 Å². The van der Waals surface area contributed by atoms with E-state index < -0.39 is 14.3 Å². The molecule has 1 unspecified atom stereocenters. The van der Waals surface area contributed by atoms with E-state index in [0.29, 0.717) is 10.8 Å². The zero-order valence-corrected chi connectivity index (χ0v) is 11.5. The number of carbonyl (C=O) groups excluding carboxylic acids is 1. The van der Waals surface area contributed by atoms with Gasteiger partial charge in [-0.25, -0.2) is 13.4 Å². The SMILES string of the molecule is O=C1CC(S(=O)(=O)Cl)CN1Cc1cccc(Cl)n1. The molecule has 2 rings (SSSR count). The molecule has 1 saturated heterocycles. The van der Waals surface area contributed by atoms with E-state index in [9.17, 15) is 13.2 Å². The van der Waals surface area contributed by atoms with Crippen LogP contribution >= 0.6 is 22.3 Å². The lowest BCUT2D eigenvalue weighted by Gasteiger charge is -2.15. The van der Waals surface area contributed by atoms with Crippen molar-refractivity contribution in [3.63, 3.8) is 0 Å². The minimum absolute atomic E-state index is 0.0770. The van der Waals surface area contributed by atoms with Gasteiger partial charge in [0.1, 0.15) is 10.4 Å². The van der Waals surface area contributed by atoms with E-state index in [1.54, 1.807) is 18.2 Å². The van der Waals surface area contributed by atoms with E-state index >= 15 is 0 Å². The largest absolute Gasteiger partial charge is 0.335 e. The Morgan fingerprint density at radius 3 is 2.72 bits per heavy atom. The van der Waals surface area contributed by atoms with Crippen LogP contribution in [0.15, 0.2) is 18.2 Å². The summed E-state index contributed by atoms with van der Waals surface area (Å²) in [5, 5.41) is -0.508. The zero-order chi connectivity index (χ0) is 13.3. The number of halogens is 2. The summed E-state index contributed by atoms with van der Waals surface area (Å²) < 4.78 is 22.4. The molecule has 0 bridgehead atoms. The Morgan fingerprint density at radius 1 is 1.44 bits per heavy atom. The fourth-order valence-corrected chi connectivity index (χ4v) is 3.05. The highest BCUT2D eigenvalue weighted by Crippen LogP contribution is 2.22. The van der Waals surface area contributed by atoms with Crippen LogP contribution in [-0.4, -0.2) is 36.0 Å². The van der Waals surface area contributed by atoms with Crippen molar-refractivity contribution in [2.75, 3.05) is 6.54 Å². The second kappa shape index (κ2) is 5.03. The van der Waals surface area contributed by atoms with Crippen molar-refractivity contribution in [1.29, 1.82) is 0 Å². The van der Waals surface area contributed by atoms with Gasteiger partial charge in [-0.3, -0.25) is 4.79 Å². The van der Waals surface area contributed by atoms with Gasteiger partial charge in [0, 0.05) is 23.6 Å². The minimum atomic E-state index is -3.71. The van der Waals surface area contributed by atoms with E-state index in [1.165, 1.54) is 4.90 Å². The van der Waals surface area contributed by atoms with Crippen molar-refractivity contribution in [1.82, 2.24) is 9.88 Å². The van der Waals surface area contributed by atoms with Crippen LogP contribution < -0.4 is 0 Å². The monoisotopic (exact) mass is 308 g/mol. The number of carbonyl (C=O) groups is 1. The topological polar surface area (TPSA) is 67.3 Å². The number of amides is 1. The number of pyridine rings is 1. The lowest BCUT2D eigenvalue weighted by molar-refractivity contribution is -0.128. The van der Waals surface area contributed by atoms with E-state index in [-0.39, 0.29) is 25.4 Å². The van der Waals surface area contributed by atoms with Gasteiger partial charge in [-0.2, -0.15) is 0 Å². The molecule has 0 N–H and O–H groups in total. The van der Waals surface area contributed by atoms with Crippen LogP contribution in [0, 0.1) is 0 Å². The fourth-order valence-electron chi connectivity index (χ4n) is 1.81. The molecule has 2 heterocycles. The summed E-state index contributed by atoms with van der Waals surface area (Å²) in [5.74, 6) is -0.244. The first-order valence-electron chi connectivity index (χ1n) is 5.19. The second-order valence-corrected chi connectivity index (χ2v) is 7.32. The average Bonchev–Trinajstić information content (AvgIpc) is 2.60. The molecule has 1 amide bonds. The molecule has 1 aliphatic rings. The number of hydrogen-bond acceptors (Lipinski definition) is 4. The van der Waals surface area contributed by atoms with Gasteiger partial charge in [-0.15, -0.1) is 0 Å². The van der Waals surface area contributed by atoms with Crippen molar-refractivity contribution in [3.8, 4) is 0 Å². The van der Waals surface area contributed by atoms with Gasteiger partial charge in [0.2, 0.25) is 15.0 Å². The molecular weight excluding hydrogens is 299 g/mol. The van der Waals surface area contributed by atoms with Crippen LogP contribution in [0.5, 0.6) is 0 Å². The zero-order valence-electron chi connectivity index (χ0n) is 9.21. The van der Waals surface area contributed by atoms with Gasteiger partial charge in [0.05, 0.1) is 12.2 Å². The molecule has 1 fully saturated rings. The molecule has 1 aliphatic heterocycles. The number of hydrogen-bond donors (Lipinski definition) is 0. The molecule has 0 spiro atoms. The smallest absolute Gasteiger partial charge is 0.237 e. The number of rotatable bonds is 3. The maximum absolute atomic E-state index is 11.7. The van der Waals surface area contributed by atoms with Crippen molar-refractivity contribution in [2.45, 2.75) is 18.2 Å². The summed E-state index contributed by atoms with van der Waals surface area (Å²) in [7, 11) is 1.55. The Balaban J connectivity index is 2.10. The van der Waals surface area contributed by atoms with Crippen LogP contribution in [0.4, 0.5) is 0 Å². The van der Waals surface area contributed by atoms with Gasteiger partial charge in [-0.1, -0.05) is 17.7 Å². The Morgan fingerprint density at radius 2 is 2.17 bits per heavy atom. The predicted molar refractivity (Wildman–Crippen MR) is 67.8 cm³/mol. The third-order valence-corrected chi connectivity index (χ3v) is 4.78. The molecule has 1 atom stereocenters. The summed E-state index contributed by atoms with van der Waals surface area (Å²) in [6, 6.07) is 5.07. The molecule has 1 aromatic rings. The van der Waals surface area contributed by atoms with Gasteiger partial charge >= 0.3 is 0 Å². The summed E-state index contributed by atoms with van der Waals surface area (Å²) in [5.41, 5.74) is 0.614. The van der Waals surface area contributed by atoms with Gasteiger partial charge in [0.25, 0.3) is 0 Å². The first kappa shape index (κ1) is 13.6. The van der Waals surface area contributed by atoms with E-state index in [2.05, 4.69) is 4.98 Å². The molecule has 8 heteroatoms. The van der Waals surface area contributed by atoms with Gasteiger partial charge < -0.3 is 4.90 Å². The highest BCUT2D eigenvalue weighted by molar-refractivity contribution is 8.14. The summed E-state index contributed by atoms with van der Waals surface area (Å²) in [6.45, 7) is 0.334. The van der Waals surface area contributed by atoms with E-state index in [0.717, 1.165) is 0 Å². The third-order valence-electron chi connectivity index (χ3n) is 2.70. The molecule has 98 valence electrons. The number of nitrogens with zero attached hydrogens (tertiary/aromatic N) is 2. The fraction of sp³-hybridized carbons (Fsp3) is 0.400. The lowest BCUT2D eigenvalue weighted by Crippen LogP contribution is -2.27. The van der Waals surface area contributed by atoms with Crippen LogP contribution in [0.25, 0.3) is 0 Å². The van der Waals surface area contributed by atoms with Crippen molar-refractivity contribution in [2.24, 2.45) is 0 Å². The Kier molecular flexibility index (Phi) is 3.79. The van der Waals surface area contributed by atoms with Crippen LogP contribution in [0.1, 0.15) is 12.1 Å². The normalized spacial score (nSPS) is 20.4. The molecule has 0 saturated carbocycles. The highest BCUT2D eigenvalue weighted by atomic mass is 35.7. The number of aromatic nitrogens is 1. The second-order valence-electron chi connectivity index (χ2n) is 4.03. The molecule has 1 aromatic heterocycles. The standard InChI is InChI=1S/C10H10Cl2N2O3S/c11-9-3-1-2-7(13-9)5-14-6-8(4-10(14)15)18(12,16)17/h1-3,8H,4-6H2. The molecule has 0 radical (unpaired) electrons. The maximum Gasteiger partial charge on any atom is 0.237 e. The number of likely N-dealkylation sites (tertiary alicyclic amines) is 1. The Bertz CT molecular complexity index is 576. The summed E-state index contributed by atoms with van der Waals surface area (Å²) in [4.78, 5) is 17.1. The van der Waals surface area contributed by atoms with Crippen molar-refractivity contribution < 1.29 is 13.2 Å². The first-order valence-corrected chi connectivity index (χ1v) is 7.94. The average molecular weight is 309 g/mol. The molecular formula is C10H10Cl2N2O3S. The Labute approximate surface area is 114 Å². The van der Waals surface area contributed by atoms with Crippen LogP contribution in [-0.2, 0) is 20.4 Å². The van der Waals surface area contributed by atoms with E-state index in [1.807, 2.05) is 0 Å².